The van der Waals surface area contributed by atoms with Gasteiger partial charge in [-0.15, -0.1) is 17.0 Å². The van der Waals surface area contributed by atoms with Crippen molar-refractivity contribution in [3.05, 3.63) is 65.2 Å². The Bertz CT molecular complexity index is 496. The standard InChI is InChI=1S/C16H19NO.BrH/c1-13-7-9-14(10-8-13)11-17-12-15-5-3-4-6-16(15)18-2;/h3-10,17H,11-12H2,1-2H3;1H. The minimum atomic E-state index is 0. The van der Waals surface area contributed by atoms with Crippen molar-refractivity contribution in [2.45, 2.75) is 20.0 Å². The highest BCUT2D eigenvalue weighted by molar-refractivity contribution is 8.93. The number of hydrogen-bond acceptors (Lipinski definition) is 2. The van der Waals surface area contributed by atoms with Crippen LogP contribution in [0.5, 0.6) is 5.75 Å². The van der Waals surface area contributed by atoms with E-state index in [2.05, 4.69) is 42.6 Å². The van der Waals surface area contributed by atoms with E-state index < -0.39 is 0 Å². The molecule has 0 amide bonds. The lowest BCUT2D eigenvalue weighted by molar-refractivity contribution is 0.407. The summed E-state index contributed by atoms with van der Waals surface area (Å²) in [6.07, 6.45) is 0. The largest absolute Gasteiger partial charge is 0.496 e. The second kappa shape index (κ2) is 7.97. The van der Waals surface area contributed by atoms with E-state index in [-0.39, 0.29) is 17.0 Å². The lowest BCUT2D eigenvalue weighted by Crippen LogP contribution is -2.13. The molecule has 3 heteroatoms. The molecule has 0 radical (unpaired) electrons. The molecule has 19 heavy (non-hydrogen) atoms. The van der Waals surface area contributed by atoms with Gasteiger partial charge in [0.2, 0.25) is 0 Å². The van der Waals surface area contributed by atoms with Crippen molar-refractivity contribution < 1.29 is 4.74 Å². The van der Waals surface area contributed by atoms with Gasteiger partial charge in [-0.2, -0.15) is 0 Å². The zero-order valence-corrected chi connectivity index (χ0v) is 13.1. The SMILES string of the molecule is Br.COc1ccccc1CNCc1ccc(C)cc1. The van der Waals surface area contributed by atoms with E-state index in [1.807, 2.05) is 18.2 Å². The molecule has 0 atom stereocenters. The van der Waals surface area contributed by atoms with Gasteiger partial charge in [-0.05, 0) is 18.6 Å². The van der Waals surface area contributed by atoms with Gasteiger partial charge < -0.3 is 10.1 Å². The van der Waals surface area contributed by atoms with Crippen LogP contribution in [0.4, 0.5) is 0 Å². The lowest BCUT2D eigenvalue weighted by Gasteiger charge is -2.09. The first-order valence-corrected chi connectivity index (χ1v) is 6.18. The summed E-state index contributed by atoms with van der Waals surface area (Å²) in [6.45, 7) is 3.79. The van der Waals surface area contributed by atoms with Gasteiger partial charge in [-0.1, -0.05) is 48.0 Å². The molecular formula is C16H20BrNO. The molecular weight excluding hydrogens is 302 g/mol. The van der Waals surface area contributed by atoms with Crippen LogP contribution in [0.25, 0.3) is 0 Å². The zero-order valence-electron chi connectivity index (χ0n) is 11.3. The van der Waals surface area contributed by atoms with E-state index in [4.69, 9.17) is 4.74 Å². The van der Waals surface area contributed by atoms with E-state index in [1.54, 1.807) is 7.11 Å². The number of hydrogen-bond donors (Lipinski definition) is 1. The average molecular weight is 322 g/mol. The highest BCUT2D eigenvalue weighted by Crippen LogP contribution is 2.16. The van der Waals surface area contributed by atoms with Crippen LogP contribution in [0.2, 0.25) is 0 Å². The van der Waals surface area contributed by atoms with E-state index >= 15 is 0 Å². The highest BCUT2D eigenvalue weighted by Gasteiger charge is 2.00. The van der Waals surface area contributed by atoms with Crippen molar-refractivity contribution in [2.75, 3.05) is 7.11 Å². The topological polar surface area (TPSA) is 21.3 Å². The molecule has 0 aliphatic carbocycles. The number of rotatable bonds is 5. The molecule has 2 rings (SSSR count). The van der Waals surface area contributed by atoms with Gasteiger partial charge in [-0.25, -0.2) is 0 Å². The summed E-state index contributed by atoms with van der Waals surface area (Å²) in [5, 5.41) is 3.43. The van der Waals surface area contributed by atoms with E-state index in [0.717, 1.165) is 18.8 Å². The summed E-state index contributed by atoms with van der Waals surface area (Å²) in [7, 11) is 1.71. The van der Waals surface area contributed by atoms with Gasteiger partial charge in [0, 0.05) is 18.7 Å². The molecule has 0 aliphatic rings. The Morgan fingerprint density at radius 2 is 1.63 bits per heavy atom. The van der Waals surface area contributed by atoms with Crippen molar-refractivity contribution in [1.29, 1.82) is 0 Å². The predicted molar refractivity (Wildman–Crippen MR) is 85.0 cm³/mol. The molecule has 2 aromatic rings. The molecule has 2 nitrogen and oxygen atoms in total. The Morgan fingerprint density at radius 3 is 2.32 bits per heavy atom. The number of ether oxygens (including phenoxy) is 1. The normalized spacial score (nSPS) is 9.79. The maximum Gasteiger partial charge on any atom is 0.123 e. The first-order chi connectivity index (χ1) is 8.79. The Labute approximate surface area is 125 Å². The lowest BCUT2D eigenvalue weighted by atomic mass is 10.1. The first-order valence-electron chi connectivity index (χ1n) is 6.18. The molecule has 102 valence electrons. The first kappa shape index (κ1) is 15.7. The van der Waals surface area contributed by atoms with Gasteiger partial charge in [0.05, 0.1) is 7.11 Å². The summed E-state index contributed by atoms with van der Waals surface area (Å²) < 4.78 is 5.32. The van der Waals surface area contributed by atoms with Crippen LogP contribution in [0, 0.1) is 6.92 Å². The van der Waals surface area contributed by atoms with Crippen LogP contribution in [-0.2, 0) is 13.1 Å². The molecule has 0 aliphatic heterocycles. The molecule has 0 aromatic heterocycles. The van der Waals surface area contributed by atoms with Crippen LogP contribution in [0.1, 0.15) is 16.7 Å². The molecule has 1 N–H and O–H groups in total. The Balaban J connectivity index is 0.00000180. The number of para-hydroxylation sites is 1. The Morgan fingerprint density at radius 1 is 0.947 bits per heavy atom. The van der Waals surface area contributed by atoms with Crippen LogP contribution < -0.4 is 10.1 Å². The molecule has 2 aromatic carbocycles. The quantitative estimate of drug-likeness (QED) is 0.902. The smallest absolute Gasteiger partial charge is 0.123 e. The highest BCUT2D eigenvalue weighted by atomic mass is 79.9. The van der Waals surface area contributed by atoms with Gasteiger partial charge in [0.15, 0.2) is 0 Å². The molecule has 0 saturated carbocycles. The van der Waals surface area contributed by atoms with Crippen molar-refractivity contribution in [1.82, 2.24) is 5.32 Å². The fourth-order valence-electron chi connectivity index (χ4n) is 1.90. The van der Waals surface area contributed by atoms with Gasteiger partial charge >= 0.3 is 0 Å². The number of benzene rings is 2. The number of halogens is 1. The molecule has 0 heterocycles. The summed E-state index contributed by atoms with van der Waals surface area (Å²) in [5.74, 6) is 0.939. The maximum atomic E-state index is 5.32. The summed E-state index contributed by atoms with van der Waals surface area (Å²) in [6, 6.07) is 16.7. The van der Waals surface area contributed by atoms with Gasteiger partial charge in [-0.3, -0.25) is 0 Å². The third-order valence-electron chi connectivity index (χ3n) is 2.96. The number of nitrogens with one attached hydrogen (secondary N) is 1. The van der Waals surface area contributed by atoms with Crippen LogP contribution in [0.3, 0.4) is 0 Å². The third-order valence-corrected chi connectivity index (χ3v) is 2.96. The molecule has 0 bridgehead atoms. The minimum Gasteiger partial charge on any atom is -0.496 e. The van der Waals surface area contributed by atoms with Crippen molar-refractivity contribution in [3.63, 3.8) is 0 Å². The van der Waals surface area contributed by atoms with Gasteiger partial charge in [0.25, 0.3) is 0 Å². The maximum absolute atomic E-state index is 5.32. The Kier molecular flexibility index (Phi) is 6.60. The summed E-state index contributed by atoms with van der Waals surface area (Å²) >= 11 is 0. The number of methoxy groups -OCH3 is 1. The van der Waals surface area contributed by atoms with Crippen LogP contribution in [0.15, 0.2) is 48.5 Å². The fraction of sp³-hybridized carbons (Fsp3) is 0.250. The Hall–Kier alpha value is -1.32. The monoisotopic (exact) mass is 321 g/mol. The van der Waals surface area contributed by atoms with E-state index in [0.29, 0.717) is 0 Å². The van der Waals surface area contributed by atoms with Crippen molar-refractivity contribution in [3.8, 4) is 5.75 Å². The minimum absolute atomic E-state index is 0. The van der Waals surface area contributed by atoms with Gasteiger partial charge in [0.1, 0.15) is 5.75 Å². The molecule has 0 saturated heterocycles. The van der Waals surface area contributed by atoms with Crippen LogP contribution in [-0.4, -0.2) is 7.11 Å². The average Bonchev–Trinajstić information content (AvgIpc) is 2.41. The third kappa shape index (κ3) is 4.69. The second-order valence-electron chi connectivity index (χ2n) is 4.40. The molecule has 0 spiro atoms. The summed E-state index contributed by atoms with van der Waals surface area (Å²) in [4.78, 5) is 0. The molecule has 0 unspecified atom stereocenters. The van der Waals surface area contributed by atoms with E-state index in [9.17, 15) is 0 Å². The fourth-order valence-corrected chi connectivity index (χ4v) is 1.90. The van der Waals surface area contributed by atoms with Crippen LogP contribution >= 0.6 is 17.0 Å². The van der Waals surface area contributed by atoms with E-state index in [1.165, 1.54) is 16.7 Å². The van der Waals surface area contributed by atoms with Crippen molar-refractivity contribution >= 4 is 17.0 Å². The zero-order chi connectivity index (χ0) is 12.8. The molecule has 0 fully saturated rings. The second-order valence-corrected chi connectivity index (χ2v) is 4.40. The predicted octanol–water partition coefficient (Wildman–Crippen LogP) is 3.87. The number of aryl methyl sites for hydroxylation is 1. The van der Waals surface area contributed by atoms with Crippen molar-refractivity contribution in [2.24, 2.45) is 0 Å². The summed E-state index contributed by atoms with van der Waals surface area (Å²) in [5.41, 5.74) is 3.78.